The molecular formula is C37H24N2. The van der Waals surface area contributed by atoms with Crippen LogP contribution in [0, 0.1) is 0 Å². The van der Waals surface area contributed by atoms with Crippen LogP contribution in [0.3, 0.4) is 0 Å². The Labute approximate surface area is 226 Å². The Kier molecular flexibility index (Phi) is 3.89. The Balaban J connectivity index is 1.28. The minimum atomic E-state index is -0.143. The summed E-state index contributed by atoms with van der Waals surface area (Å²) in [6.07, 6.45) is 1.85. The molecule has 2 heterocycles. The van der Waals surface area contributed by atoms with Crippen LogP contribution in [0.15, 0.2) is 109 Å². The number of nitrogens with zero attached hydrogens (tertiary/aromatic N) is 2. The summed E-state index contributed by atoms with van der Waals surface area (Å²) < 4.78 is 0. The van der Waals surface area contributed by atoms with E-state index >= 15 is 0 Å². The summed E-state index contributed by atoms with van der Waals surface area (Å²) in [5, 5.41) is 5.04. The Morgan fingerprint density at radius 3 is 1.97 bits per heavy atom. The molecule has 182 valence electrons. The molecule has 39 heavy (non-hydrogen) atoms. The second-order valence-corrected chi connectivity index (χ2v) is 11.4. The van der Waals surface area contributed by atoms with Gasteiger partial charge in [-0.3, -0.25) is 4.98 Å². The highest BCUT2D eigenvalue weighted by atomic mass is 14.8. The van der Waals surface area contributed by atoms with E-state index in [1.54, 1.807) is 0 Å². The SMILES string of the molecule is CC1(C)c2cc(-c3ccc4ccc5cccnc5c4n3)ccc2-c2ccc3c4c(ccc1c24)-c1ccccc1-3. The highest BCUT2D eigenvalue weighted by Gasteiger charge is 2.36. The smallest absolute Gasteiger partial charge is 0.0972 e. The van der Waals surface area contributed by atoms with E-state index in [0.717, 1.165) is 33.1 Å². The number of rotatable bonds is 1. The van der Waals surface area contributed by atoms with Gasteiger partial charge < -0.3 is 0 Å². The van der Waals surface area contributed by atoms with Crippen LogP contribution in [-0.4, -0.2) is 9.97 Å². The molecule has 7 aromatic rings. The number of aromatic nitrogens is 2. The molecule has 2 heteroatoms. The van der Waals surface area contributed by atoms with E-state index in [9.17, 15) is 0 Å². The van der Waals surface area contributed by atoms with Crippen molar-refractivity contribution in [2.24, 2.45) is 0 Å². The quantitative estimate of drug-likeness (QED) is 0.211. The zero-order valence-corrected chi connectivity index (χ0v) is 21.8. The minimum Gasteiger partial charge on any atom is -0.254 e. The first-order valence-electron chi connectivity index (χ1n) is 13.6. The maximum Gasteiger partial charge on any atom is 0.0972 e. The zero-order chi connectivity index (χ0) is 25.9. The van der Waals surface area contributed by atoms with Gasteiger partial charge in [0.2, 0.25) is 0 Å². The molecule has 0 saturated heterocycles. The predicted octanol–water partition coefficient (Wildman–Crippen LogP) is 9.56. The lowest BCUT2D eigenvalue weighted by atomic mass is 9.67. The molecule has 0 saturated carbocycles. The number of pyridine rings is 2. The van der Waals surface area contributed by atoms with Crippen LogP contribution in [0.1, 0.15) is 25.0 Å². The van der Waals surface area contributed by atoms with Gasteiger partial charge in [-0.2, -0.15) is 0 Å². The van der Waals surface area contributed by atoms with Crippen LogP contribution in [0.25, 0.3) is 77.2 Å². The molecule has 0 atom stereocenters. The molecule has 0 spiro atoms. The van der Waals surface area contributed by atoms with Gasteiger partial charge in [-0.15, -0.1) is 0 Å². The fourth-order valence-corrected chi connectivity index (χ4v) is 7.13. The van der Waals surface area contributed by atoms with Crippen molar-refractivity contribution in [3.05, 3.63) is 120 Å². The molecule has 2 aromatic heterocycles. The minimum absolute atomic E-state index is 0.143. The third kappa shape index (κ3) is 2.66. The van der Waals surface area contributed by atoms with Crippen molar-refractivity contribution in [2.45, 2.75) is 19.3 Å². The zero-order valence-electron chi connectivity index (χ0n) is 21.8. The van der Waals surface area contributed by atoms with E-state index in [0.29, 0.717) is 0 Å². The van der Waals surface area contributed by atoms with Crippen molar-refractivity contribution in [3.8, 4) is 44.6 Å². The van der Waals surface area contributed by atoms with Gasteiger partial charge in [0.25, 0.3) is 0 Å². The first-order valence-corrected chi connectivity index (χ1v) is 13.6. The Morgan fingerprint density at radius 2 is 1.18 bits per heavy atom. The molecule has 0 N–H and O–H groups in total. The first kappa shape index (κ1) is 21.2. The van der Waals surface area contributed by atoms with Gasteiger partial charge in [-0.25, -0.2) is 4.98 Å². The van der Waals surface area contributed by atoms with Crippen molar-refractivity contribution < 1.29 is 0 Å². The lowest BCUT2D eigenvalue weighted by molar-refractivity contribution is 0.645. The van der Waals surface area contributed by atoms with Crippen molar-refractivity contribution in [3.63, 3.8) is 0 Å². The lowest BCUT2D eigenvalue weighted by Crippen LogP contribution is -2.23. The van der Waals surface area contributed by atoms with Crippen LogP contribution in [0.4, 0.5) is 0 Å². The molecule has 2 aliphatic rings. The molecule has 2 nitrogen and oxygen atoms in total. The van der Waals surface area contributed by atoms with Crippen molar-refractivity contribution in [2.75, 3.05) is 0 Å². The standard InChI is InChI=1S/C37H24N2/c1-37(2)30-17-16-28-25-8-4-3-7-24(25)27-14-15-29(34(30)33(27)28)26-13-11-23(20-31(26)37)32-18-12-22-10-9-21-6-5-19-38-35(21)36(22)39-32/h3-20H,1-2H3. The van der Waals surface area contributed by atoms with Gasteiger partial charge in [0.15, 0.2) is 0 Å². The molecule has 0 unspecified atom stereocenters. The van der Waals surface area contributed by atoms with Crippen molar-refractivity contribution >= 4 is 32.6 Å². The molecule has 0 fully saturated rings. The third-order valence-corrected chi connectivity index (χ3v) is 9.05. The monoisotopic (exact) mass is 496 g/mol. The summed E-state index contributed by atoms with van der Waals surface area (Å²) >= 11 is 0. The van der Waals surface area contributed by atoms with Crippen molar-refractivity contribution in [1.82, 2.24) is 9.97 Å². The number of hydrogen-bond donors (Lipinski definition) is 0. The number of hydrogen-bond acceptors (Lipinski definition) is 2. The third-order valence-electron chi connectivity index (χ3n) is 9.05. The normalized spacial score (nSPS) is 14.1. The molecular weight excluding hydrogens is 472 g/mol. The summed E-state index contributed by atoms with van der Waals surface area (Å²) in [5.74, 6) is 0. The first-order chi connectivity index (χ1) is 19.1. The van der Waals surface area contributed by atoms with E-state index in [1.807, 2.05) is 12.3 Å². The Bertz CT molecular complexity index is 2170. The fourth-order valence-electron chi connectivity index (χ4n) is 7.13. The number of fused-ring (bicyclic) bond motifs is 8. The van der Waals surface area contributed by atoms with Crippen LogP contribution in [-0.2, 0) is 5.41 Å². The predicted molar refractivity (Wildman–Crippen MR) is 162 cm³/mol. The molecule has 0 radical (unpaired) electrons. The summed E-state index contributed by atoms with van der Waals surface area (Å²) in [6, 6.07) is 37.8. The van der Waals surface area contributed by atoms with Crippen LogP contribution < -0.4 is 0 Å². The summed E-state index contributed by atoms with van der Waals surface area (Å²) in [5.41, 5.74) is 14.7. The van der Waals surface area contributed by atoms with Gasteiger partial charge in [0, 0.05) is 27.9 Å². The fraction of sp³-hybridized carbons (Fsp3) is 0.0811. The van der Waals surface area contributed by atoms with Crippen LogP contribution in [0.2, 0.25) is 0 Å². The van der Waals surface area contributed by atoms with Crippen LogP contribution >= 0.6 is 0 Å². The van der Waals surface area contributed by atoms with E-state index in [2.05, 4.69) is 116 Å². The number of benzene rings is 5. The Hall–Kier alpha value is -4.82. The topological polar surface area (TPSA) is 25.8 Å². The molecule has 0 amide bonds. The average Bonchev–Trinajstić information content (AvgIpc) is 3.31. The maximum absolute atomic E-state index is 5.15. The van der Waals surface area contributed by atoms with Gasteiger partial charge in [0.05, 0.1) is 16.7 Å². The molecule has 0 bridgehead atoms. The molecule has 0 aliphatic heterocycles. The van der Waals surface area contributed by atoms with E-state index in [-0.39, 0.29) is 5.41 Å². The van der Waals surface area contributed by atoms with E-state index < -0.39 is 0 Å². The van der Waals surface area contributed by atoms with E-state index in [1.165, 1.54) is 55.3 Å². The van der Waals surface area contributed by atoms with Gasteiger partial charge in [-0.1, -0.05) is 98.8 Å². The second-order valence-electron chi connectivity index (χ2n) is 11.4. The highest BCUT2D eigenvalue weighted by molar-refractivity contribution is 6.21. The van der Waals surface area contributed by atoms with Gasteiger partial charge in [0.1, 0.15) is 0 Å². The van der Waals surface area contributed by atoms with Crippen molar-refractivity contribution in [1.29, 1.82) is 0 Å². The maximum atomic E-state index is 5.15. The molecule has 5 aromatic carbocycles. The second kappa shape index (κ2) is 7.18. The average molecular weight is 497 g/mol. The van der Waals surface area contributed by atoms with Gasteiger partial charge in [-0.05, 0) is 73.5 Å². The summed E-state index contributed by atoms with van der Waals surface area (Å²) in [4.78, 5) is 9.80. The summed E-state index contributed by atoms with van der Waals surface area (Å²) in [7, 11) is 0. The molecule has 9 rings (SSSR count). The lowest BCUT2D eigenvalue weighted by Gasteiger charge is -2.36. The highest BCUT2D eigenvalue weighted by Crippen LogP contribution is 2.56. The molecule has 2 aliphatic carbocycles. The van der Waals surface area contributed by atoms with Gasteiger partial charge >= 0.3 is 0 Å². The largest absolute Gasteiger partial charge is 0.254 e. The Morgan fingerprint density at radius 1 is 0.513 bits per heavy atom. The van der Waals surface area contributed by atoms with Crippen LogP contribution in [0.5, 0.6) is 0 Å². The van der Waals surface area contributed by atoms with E-state index in [4.69, 9.17) is 4.98 Å². The summed E-state index contributed by atoms with van der Waals surface area (Å²) in [6.45, 7) is 4.74.